The first-order valence-electron chi connectivity index (χ1n) is 12.2. The van der Waals surface area contributed by atoms with Gasteiger partial charge in [0, 0.05) is 26.2 Å². The van der Waals surface area contributed by atoms with Crippen molar-refractivity contribution in [2.75, 3.05) is 33.7 Å². The summed E-state index contributed by atoms with van der Waals surface area (Å²) in [6, 6.07) is 8.96. The summed E-state index contributed by atoms with van der Waals surface area (Å²) in [7, 11) is 3.86. The van der Waals surface area contributed by atoms with E-state index >= 15 is 0 Å². The summed E-state index contributed by atoms with van der Waals surface area (Å²) < 4.78 is 0. The van der Waals surface area contributed by atoms with Crippen LogP contribution >= 0.6 is 0 Å². The zero-order valence-electron chi connectivity index (χ0n) is 20.5. The average Bonchev–Trinajstić information content (AvgIpc) is 2.81. The maximum atomic E-state index is 4.63. The number of hydrogen-bond donors (Lipinski definition) is 0. The van der Waals surface area contributed by atoms with E-state index in [2.05, 4.69) is 71.7 Å². The minimum absolute atomic E-state index is 0.895. The van der Waals surface area contributed by atoms with E-state index in [1.54, 1.807) is 5.57 Å². The molecular formula is C30H37N3. The second-order valence-corrected chi connectivity index (χ2v) is 9.67. The molecule has 3 nitrogen and oxygen atoms in total. The summed E-state index contributed by atoms with van der Waals surface area (Å²) in [5.41, 5.74) is 10.4. The van der Waals surface area contributed by atoms with Gasteiger partial charge in [-0.3, -0.25) is 4.90 Å². The smallest absolute Gasteiger partial charge is 0.0972 e. The quantitative estimate of drug-likeness (QED) is 0.462. The molecule has 1 aliphatic heterocycles. The Morgan fingerprint density at radius 2 is 1.64 bits per heavy atom. The highest BCUT2D eigenvalue weighted by molar-refractivity contribution is 6.20. The van der Waals surface area contributed by atoms with Crippen molar-refractivity contribution in [2.45, 2.75) is 39.0 Å². The van der Waals surface area contributed by atoms with Gasteiger partial charge in [0.1, 0.15) is 0 Å². The van der Waals surface area contributed by atoms with Crippen LogP contribution in [0.2, 0.25) is 0 Å². The number of allylic oxidation sites excluding steroid dienone is 9. The van der Waals surface area contributed by atoms with Crippen LogP contribution in [0.5, 0.6) is 0 Å². The number of hydrazone groups is 1. The van der Waals surface area contributed by atoms with Gasteiger partial charge in [-0.15, -0.1) is 0 Å². The normalized spacial score (nSPS) is 20.7. The van der Waals surface area contributed by atoms with Gasteiger partial charge in [-0.25, -0.2) is 0 Å². The number of rotatable bonds is 6. The lowest BCUT2D eigenvalue weighted by Gasteiger charge is -2.28. The summed E-state index contributed by atoms with van der Waals surface area (Å²) in [5.74, 6) is 0. The minimum atomic E-state index is 0.895. The molecule has 0 spiro atoms. The molecule has 172 valence electrons. The molecule has 0 N–H and O–H groups in total. The summed E-state index contributed by atoms with van der Waals surface area (Å²) >= 11 is 0. The summed E-state index contributed by atoms with van der Waals surface area (Å²) in [5, 5.41) is 6.45. The van der Waals surface area contributed by atoms with Gasteiger partial charge in [0.25, 0.3) is 0 Å². The van der Waals surface area contributed by atoms with E-state index in [1.807, 2.05) is 26.0 Å². The molecule has 0 unspecified atom stereocenters. The van der Waals surface area contributed by atoms with Crippen molar-refractivity contribution >= 4 is 16.9 Å². The number of benzene rings is 1. The molecule has 4 rings (SSSR count). The average molecular weight is 440 g/mol. The Morgan fingerprint density at radius 1 is 0.970 bits per heavy atom. The number of likely N-dealkylation sites (tertiary alicyclic amines) is 1. The predicted octanol–water partition coefficient (Wildman–Crippen LogP) is 6.65. The number of nitrogens with zero attached hydrogens (tertiary/aromatic N) is 3. The molecule has 0 bridgehead atoms. The van der Waals surface area contributed by atoms with Crippen molar-refractivity contribution in [1.82, 2.24) is 9.91 Å². The van der Waals surface area contributed by atoms with Crippen LogP contribution in [0.25, 0.3) is 11.1 Å². The molecule has 0 aromatic heterocycles. The minimum Gasteiger partial charge on any atom is -0.303 e. The molecular weight excluding hydrogens is 402 g/mol. The fraction of sp³-hybridized carbons (Fsp3) is 0.367. The zero-order chi connectivity index (χ0) is 23.4. The van der Waals surface area contributed by atoms with Gasteiger partial charge < -0.3 is 5.01 Å². The van der Waals surface area contributed by atoms with E-state index in [0.29, 0.717) is 0 Å². The maximum Gasteiger partial charge on any atom is 0.0972 e. The first-order chi connectivity index (χ1) is 15.9. The molecule has 1 aromatic rings. The zero-order valence-corrected chi connectivity index (χ0v) is 20.5. The Labute approximate surface area is 199 Å². The van der Waals surface area contributed by atoms with Crippen LogP contribution in [0.1, 0.15) is 50.2 Å². The monoisotopic (exact) mass is 439 g/mol. The van der Waals surface area contributed by atoms with Crippen molar-refractivity contribution in [3.05, 3.63) is 95.1 Å². The SMILES string of the molecule is C=C(C)C1=CC(c2ccc(C3=CCCC(CN4CCCCC4)=C3)cc2)=CC(=C)/C1=N\N(C)C. The van der Waals surface area contributed by atoms with Crippen LogP contribution < -0.4 is 0 Å². The Balaban J connectivity index is 1.53. The fourth-order valence-electron chi connectivity index (χ4n) is 4.85. The highest BCUT2D eigenvalue weighted by atomic mass is 15.4. The van der Waals surface area contributed by atoms with E-state index in [-0.39, 0.29) is 0 Å². The Hall–Kier alpha value is -2.91. The lowest BCUT2D eigenvalue weighted by molar-refractivity contribution is 0.244. The van der Waals surface area contributed by atoms with Gasteiger partial charge in [-0.1, -0.05) is 61.6 Å². The van der Waals surface area contributed by atoms with Crippen molar-refractivity contribution < 1.29 is 0 Å². The van der Waals surface area contributed by atoms with Gasteiger partial charge in [-0.05, 0) is 91.3 Å². The molecule has 0 amide bonds. The molecule has 33 heavy (non-hydrogen) atoms. The second kappa shape index (κ2) is 10.4. The molecule has 3 heteroatoms. The summed E-state index contributed by atoms with van der Waals surface area (Å²) in [4.78, 5) is 2.63. The van der Waals surface area contributed by atoms with E-state index in [4.69, 9.17) is 0 Å². The van der Waals surface area contributed by atoms with Crippen LogP contribution in [0.3, 0.4) is 0 Å². The Kier molecular flexibility index (Phi) is 7.29. The van der Waals surface area contributed by atoms with Crippen LogP contribution in [0.4, 0.5) is 0 Å². The van der Waals surface area contributed by atoms with Gasteiger partial charge in [0.15, 0.2) is 0 Å². The molecule has 1 saturated heterocycles. The van der Waals surface area contributed by atoms with Crippen LogP contribution in [-0.4, -0.2) is 49.4 Å². The summed E-state index contributed by atoms with van der Waals surface area (Å²) in [6.07, 6.45) is 15.6. The first-order valence-corrected chi connectivity index (χ1v) is 12.2. The van der Waals surface area contributed by atoms with E-state index in [0.717, 1.165) is 41.0 Å². The lowest BCUT2D eigenvalue weighted by Crippen LogP contribution is -2.31. The van der Waals surface area contributed by atoms with Gasteiger partial charge in [0.05, 0.1) is 5.71 Å². The Bertz CT molecular complexity index is 1070. The Morgan fingerprint density at radius 3 is 2.27 bits per heavy atom. The molecule has 2 aliphatic carbocycles. The largest absolute Gasteiger partial charge is 0.303 e. The van der Waals surface area contributed by atoms with Gasteiger partial charge in [-0.2, -0.15) is 5.10 Å². The van der Waals surface area contributed by atoms with E-state index in [9.17, 15) is 0 Å². The standard InChI is InChI=1S/C30H37N3/c1-22(2)29-20-28(18-23(3)30(29)31-32(4)5)26-14-12-25(13-15-26)27-11-9-10-24(19-27)21-33-16-7-6-8-17-33/h11-15,18-20H,1,3,6-10,16-17,21H2,2,4-5H3/b31-30+. The van der Waals surface area contributed by atoms with Crippen LogP contribution in [0.15, 0.2) is 89.1 Å². The van der Waals surface area contributed by atoms with E-state index in [1.165, 1.54) is 55.5 Å². The van der Waals surface area contributed by atoms with E-state index < -0.39 is 0 Å². The first kappa shape index (κ1) is 23.3. The molecule has 0 radical (unpaired) electrons. The van der Waals surface area contributed by atoms with Crippen molar-refractivity contribution in [3.63, 3.8) is 0 Å². The summed E-state index contributed by atoms with van der Waals surface area (Å²) in [6.45, 7) is 14.1. The lowest BCUT2D eigenvalue weighted by atomic mass is 9.87. The van der Waals surface area contributed by atoms with Gasteiger partial charge >= 0.3 is 0 Å². The molecule has 0 atom stereocenters. The molecule has 1 heterocycles. The fourth-order valence-corrected chi connectivity index (χ4v) is 4.85. The number of piperidine rings is 1. The third kappa shape index (κ3) is 5.72. The second-order valence-electron chi connectivity index (χ2n) is 9.67. The molecule has 0 saturated carbocycles. The van der Waals surface area contributed by atoms with Crippen LogP contribution in [-0.2, 0) is 0 Å². The molecule has 1 aromatic carbocycles. The number of hydrogen-bond acceptors (Lipinski definition) is 3. The maximum absolute atomic E-state index is 4.63. The highest BCUT2D eigenvalue weighted by Crippen LogP contribution is 2.32. The molecule has 3 aliphatic rings. The van der Waals surface area contributed by atoms with Crippen molar-refractivity contribution in [3.8, 4) is 0 Å². The van der Waals surface area contributed by atoms with Gasteiger partial charge in [0.2, 0.25) is 0 Å². The third-order valence-electron chi connectivity index (χ3n) is 6.56. The van der Waals surface area contributed by atoms with Crippen molar-refractivity contribution in [2.24, 2.45) is 5.10 Å². The topological polar surface area (TPSA) is 18.8 Å². The van der Waals surface area contributed by atoms with Crippen LogP contribution in [0, 0.1) is 0 Å². The van der Waals surface area contributed by atoms with Crippen molar-refractivity contribution in [1.29, 1.82) is 0 Å². The molecule has 1 fully saturated rings. The predicted molar refractivity (Wildman–Crippen MR) is 143 cm³/mol. The third-order valence-corrected chi connectivity index (χ3v) is 6.56. The highest BCUT2D eigenvalue weighted by Gasteiger charge is 2.19.